The van der Waals surface area contributed by atoms with E-state index in [0.29, 0.717) is 0 Å². The number of fused-ring (bicyclic) bond motifs is 1. The van der Waals surface area contributed by atoms with Gasteiger partial charge in [-0.1, -0.05) is 24.3 Å². The molecule has 0 saturated heterocycles. The first kappa shape index (κ1) is 14.4. The van der Waals surface area contributed by atoms with E-state index in [1.54, 1.807) is 0 Å². The molecule has 6 heteroatoms. The Morgan fingerprint density at radius 3 is 2.79 bits per heavy atom. The Bertz CT molecular complexity index is 868. The molecule has 2 N–H and O–H groups in total. The van der Waals surface area contributed by atoms with Gasteiger partial charge in [-0.25, -0.2) is 0 Å². The fraction of sp³-hybridized carbons (Fsp3) is 0.167. The van der Waals surface area contributed by atoms with Crippen molar-refractivity contribution in [3.63, 3.8) is 0 Å². The minimum Gasteiger partial charge on any atom is -0.323 e. The molecule has 1 aliphatic rings. The minimum absolute atomic E-state index is 0.740. The standard InChI is InChI=1S/C18H18N6/c1-13-10-17(22-21-13)20-18-16-5-3-2-4-15(16)12-24(23-18)11-14-6-8-19-9-7-14/h2-10H,11-12H2,1H3,(H2,20,21,22,23). The summed E-state index contributed by atoms with van der Waals surface area (Å²) in [5.41, 5.74) is 4.50. The van der Waals surface area contributed by atoms with Crippen LogP contribution in [-0.2, 0) is 13.1 Å². The van der Waals surface area contributed by atoms with Gasteiger partial charge in [0, 0.05) is 24.0 Å². The van der Waals surface area contributed by atoms with Crippen LogP contribution in [-0.4, -0.2) is 26.0 Å². The number of hydrogen-bond donors (Lipinski definition) is 2. The summed E-state index contributed by atoms with van der Waals surface area (Å²) >= 11 is 0. The maximum Gasteiger partial charge on any atom is 0.159 e. The zero-order valence-corrected chi connectivity index (χ0v) is 13.4. The van der Waals surface area contributed by atoms with E-state index >= 15 is 0 Å². The third kappa shape index (κ3) is 2.99. The molecule has 0 amide bonds. The molecule has 0 atom stereocenters. The SMILES string of the molecule is Cc1cc(NC2=NN(Cc3ccncc3)Cc3ccccc32)[nH]n1. The number of nitrogens with one attached hydrogen (secondary N) is 2. The number of aromatic amines is 1. The Morgan fingerprint density at radius 2 is 2.00 bits per heavy atom. The number of hydrazone groups is 1. The maximum atomic E-state index is 4.79. The number of anilines is 1. The van der Waals surface area contributed by atoms with Gasteiger partial charge in [-0.15, -0.1) is 0 Å². The van der Waals surface area contributed by atoms with Gasteiger partial charge in [0.1, 0.15) is 5.82 Å². The van der Waals surface area contributed by atoms with Crippen molar-refractivity contribution in [2.45, 2.75) is 20.0 Å². The summed E-state index contributed by atoms with van der Waals surface area (Å²) in [5, 5.41) is 17.3. The molecule has 1 aromatic carbocycles. The molecule has 0 spiro atoms. The number of aromatic nitrogens is 3. The van der Waals surface area contributed by atoms with E-state index in [4.69, 9.17) is 5.10 Å². The maximum absolute atomic E-state index is 4.79. The largest absolute Gasteiger partial charge is 0.323 e. The minimum atomic E-state index is 0.740. The van der Waals surface area contributed by atoms with Gasteiger partial charge >= 0.3 is 0 Å². The predicted octanol–water partition coefficient (Wildman–Crippen LogP) is 2.90. The molecule has 1 aliphatic heterocycles. The summed E-state index contributed by atoms with van der Waals surface area (Å²) in [6, 6.07) is 14.3. The van der Waals surface area contributed by atoms with E-state index in [9.17, 15) is 0 Å². The highest BCUT2D eigenvalue weighted by molar-refractivity contribution is 6.09. The van der Waals surface area contributed by atoms with Crippen molar-refractivity contribution in [1.82, 2.24) is 20.2 Å². The van der Waals surface area contributed by atoms with Gasteiger partial charge in [-0.05, 0) is 30.2 Å². The number of aryl methyl sites for hydroxylation is 1. The molecule has 0 saturated carbocycles. The van der Waals surface area contributed by atoms with Gasteiger partial charge in [-0.3, -0.25) is 15.1 Å². The Kier molecular flexibility index (Phi) is 3.70. The smallest absolute Gasteiger partial charge is 0.159 e. The second kappa shape index (κ2) is 6.16. The van der Waals surface area contributed by atoms with Gasteiger partial charge in [-0.2, -0.15) is 10.2 Å². The van der Waals surface area contributed by atoms with E-state index in [2.05, 4.69) is 43.7 Å². The van der Waals surface area contributed by atoms with Crippen LogP contribution in [0.15, 0.2) is 60.0 Å². The van der Waals surface area contributed by atoms with E-state index in [0.717, 1.165) is 36.0 Å². The average molecular weight is 318 g/mol. The van der Waals surface area contributed by atoms with Gasteiger partial charge in [0.15, 0.2) is 5.84 Å². The highest BCUT2D eigenvalue weighted by atomic mass is 15.5. The Labute approximate surface area is 140 Å². The van der Waals surface area contributed by atoms with Gasteiger partial charge < -0.3 is 5.32 Å². The highest BCUT2D eigenvalue weighted by Gasteiger charge is 2.19. The zero-order valence-electron chi connectivity index (χ0n) is 13.4. The lowest BCUT2D eigenvalue weighted by atomic mass is 10.0. The topological polar surface area (TPSA) is 69.2 Å². The molecule has 0 unspecified atom stereocenters. The van der Waals surface area contributed by atoms with Crippen molar-refractivity contribution in [2.24, 2.45) is 5.10 Å². The summed E-state index contributed by atoms with van der Waals surface area (Å²) < 4.78 is 0. The average Bonchev–Trinajstić information content (AvgIpc) is 3.01. The summed E-state index contributed by atoms with van der Waals surface area (Å²) in [4.78, 5) is 4.07. The quantitative estimate of drug-likeness (QED) is 0.779. The number of amidine groups is 1. The van der Waals surface area contributed by atoms with E-state index in [1.165, 1.54) is 11.1 Å². The van der Waals surface area contributed by atoms with Crippen LogP contribution in [0.2, 0.25) is 0 Å². The summed E-state index contributed by atoms with van der Waals surface area (Å²) in [6.45, 7) is 3.48. The lowest BCUT2D eigenvalue weighted by molar-refractivity contribution is 0.266. The number of H-pyrrole nitrogens is 1. The molecule has 24 heavy (non-hydrogen) atoms. The van der Waals surface area contributed by atoms with Gasteiger partial charge in [0.05, 0.1) is 18.8 Å². The normalized spacial score (nSPS) is 13.4. The number of rotatable bonds is 3. The van der Waals surface area contributed by atoms with Crippen LogP contribution in [0.25, 0.3) is 0 Å². The predicted molar refractivity (Wildman–Crippen MR) is 93.4 cm³/mol. The van der Waals surface area contributed by atoms with E-state index < -0.39 is 0 Å². The van der Waals surface area contributed by atoms with Crippen molar-refractivity contribution >= 4 is 11.7 Å². The Hall–Kier alpha value is -3.15. The number of nitrogens with zero attached hydrogens (tertiary/aromatic N) is 4. The molecular weight excluding hydrogens is 300 g/mol. The third-order valence-electron chi connectivity index (χ3n) is 3.94. The molecule has 3 aromatic rings. The molecule has 120 valence electrons. The molecule has 0 aliphatic carbocycles. The zero-order chi connectivity index (χ0) is 16.4. The molecular formula is C18H18N6. The summed E-state index contributed by atoms with van der Waals surface area (Å²) in [7, 11) is 0. The first-order valence-electron chi connectivity index (χ1n) is 7.88. The van der Waals surface area contributed by atoms with Crippen molar-refractivity contribution in [3.05, 3.63) is 77.2 Å². The number of pyridine rings is 1. The monoisotopic (exact) mass is 318 g/mol. The van der Waals surface area contributed by atoms with Gasteiger partial charge in [0.2, 0.25) is 0 Å². The summed E-state index contributed by atoms with van der Waals surface area (Å²) in [5.74, 6) is 1.67. The first-order chi connectivity index (χ1) is 11.8. The molecule has 0 fully saturated rings. The van der Waals surface area contributed by atoms with Gasteiger partial charge in [0.25, 0.3) is 0 Å². The third-order valence-corrected chi connectivity index (χ3v) is 3.94. The van der Waals surface area contributed by atoms with Crippen molar-refractivity contribution < 1.29 is 0 Å². The molecule has 6 nitrogen and oxygen atoms in total. The number of hydrogen-bond acceptors (Lipinski definition) is 5. The second-order valence-electron chi connectivity index (χ2n) is 5.83. The summed E-state index contributed by atoms with van der Waals surface area (Å²) in [6.07, 6.45) is 3.62. The first-order valence-corrected chi connectivity index (χ1v) is 7.88. The van der Waals surface area contributed by atoms with Crippen LogP contribution >= 0.6 is 0 Å². The van der Waals surface area contributed by atoms with E-state index in [-0.39, 0.29) is 0 Å². The molecule has 3 heterocycles. The number of benzene rings is 1. The van der Waals surface area contributed by atoms with Crippen LogP contribution in [0.3, 0.4) is 0 Å². The molecule has 0 radical (unpaired) electrons. The van der Waals surface area contributed by atoms with Crippen molar-refractivity contribution in [2.75, 3.05) is 5.32 Å². The molecule has 0 bridgehead atoms. The van der Waals surface area contributed by atoms with Crippen LogP contribution in [0.5, 0.6) is 0 Å². The molecule has 2 aromatic heterocycles. The van der Waals surface area contributed by atoms with Crippen molar-refractivity contribution in [1.29, 1.82) is 0 Å². The van der Waals surface area contributed by atoms with E-state index in [1.807, 2.05) is 43.6 Å². The van der Waals surface area contributed by atoms with Crippen LogP contribution in [0.1, 0.15) is 22.4 Å². The lowest BCUT2D eigenvalue weighted by Gasteiger charge is -2.27. The lowest BCUT2D eigenvalue weighted by Crippen LogP contribution is -2.29. The second-order valence-corrected chi connectivity index (χ2v) is 5.83. The Balaban J connectivity index is 1.64. The fourth-order valence-corrected chi connectivity index (χ4v) is 2.81. The van der Waals surface area contributed by atoms with Crippen LogP contribution in [0.4, 0.5) is 5.82 Å². The van der Waals surface area contributed by atoms with Crippen molar-refractivity contribution in [3.8, 4) is 0 Å². The fourth-order valence-electron chi connectivity index (χ4n) is 2.81. The highest BCUT2D eigenvalue weighted by Crippen LogP contribution is 2.21. The van der Waals surface area contributed by atoms with Crippen LogP contribution in [0, 0.1) is 6.92 Å². The van der Waals surface area contributed by atoms with Crippen LogP contribution < -0.4 is 5.32 Å². The Morgan fingerprint density at radius 1 is 1.17 bits per heavy atom. The molecule has 4 rings (SSSR count).